The average molecular weight is 510 g/mol. The van der Waals surface area contributed by atoms with Crippen LogP contribution in [0, 0.1) is 0 Å². The Morgan fingerprint density at radius 2 is 0.900 bits per heavy atom. The van der Waals surface area contributed by atoms with Gasteiger partial charge < -0.3 is 30.2 Å². The first-order valence-corrected chi connectivity index (χ1v) is 10.9. The summed E-state index contributed by atoms with van der Waals surface area (Å²) in [6.07, 6.45) is 0. The number of benzene rings is 1. The van der Waals surface area contributed by atoms with Crippen LogP contribution in [0.15, 0.2) is 12.1 Å². The predicted molar refractivity (Wildman–Crippen MR) is 124 cm³/mol. The average Bonchev–Trinajstić information content (AvgIpc) is 2.62. The maximum Gasteiger partial charge on any atom is 0.300 e. The van der Waals surface area contributed by atoms with Gasteiger partial charge in [-0.05, 0) is 0 Å². The van der Waals surface area contributed by atoms with Crippen LogP contribution in [-0.2, 0) is 9.59 Å². The largest absolute Gasteiger partial charge is 0.506 e. The van der Waals surface area contributed by atoms with Crippen molar-refractivity contribution in [2.75, 3.05) is 59.5 Å². The van der Waals surface area contributed by atoms with Gasteiger partial charge in [0.05, 0.1) is 11.4 Å². The van der Waals surface area contributed by atoms with E-state index in [4.69, 9.17) is 66.2 Å². The number of carboxylic acids is 2. The second-order valence-electron chi connectivity index (χ2n) is 5.60. The molecule has 1 rings (SSSR count). The molecule has 0 saturated carbocycles. The summed E-state index contributed by atoms with van der Waals surface area (Å²) in [4.78, 5) is 21.7. The molecule has 0 amide bonds. The summed E-state index contributed by atoms with van der Waals surface area (Å²) in [5, 5.41) is 35.4. The van der Waals surface area contributed by atoms with Gasteiger partial charge in [-0.1, -0.05) is 0 Å². The van der Waals surface area contributed by atoms with Gasteiger partial charge in [-0.3, -0.25) is 9.59 Å². The predicted octanol–water partition coefficient (Wildman–Crippen LogP) is 3.85. The lowest BCUT2D eigenvalue weighted by atomic mass is 10.2. The van der Waals surface area contributed by atoms with Gasteiger partial charge in [-0.15, -0.1) is 46.4 Å². The Labute approximate surface area is 196 Å². The molecule has 0 aromatic heterocycles. The fourth-order valence-electron chi connectivity index (χ4n) is 2.17. The zero-order chi connectivity index (χ0) is 23.7. The van der Waals surface area contributed by atoms with Crippen LogP contribution in [0.1, 0.15) is 13.8 Å². The number of aromatic hydroxyl groups is 2. The molecule has 30 heavy (non-hydrogen) atoms. The van der Waals surface area contributed by atoms with Crippen LogP contribution in [0.5, 0.6) is 11.5 Å². The van der Waals surface area contributed by atoms with Crippen molar-refractivity contribution in [3.63, 3.8) is 0 Å². The van der Waals surface area contributed by atoms with Gasteiger partial charge in [0.2, 0.25) is 0 Å². The van der Waals surface area contributed by atoms with Gasteiger partial charge in [-0.2, -0.15) is 0 Å². The molecule has 1 aromatic rings. The molecule has 0 aliphatic rings. The Kier molecular flexibility index (Phi) is 18.7. The number of halogens is 4. The van der Waals surface area contributed by atoms with E-state index < -0.39 is 11.9 Å². The van der Waals surface area contributed by atoms with Crippen molar-refractivity contribution in [1.29, 1.82) is 0 Å². The maximum atomic E-state index is 10.3. The molecule has 12 heteroatoms. The molecule has 0 heterocycles. The van der Waals surface area contributed by atoms with E-state index in [1.807, 2.05) is 9.80 Å². The minimum atomic E-state index is -0.833. The van der Waals surface area contributed by atoms with Crippen LogP contribution in [0.4, 0.5) is 11.4 Å². The van der Waals surface area contributed by atoms with Crippen molar-refractivity contribution in [3.05, 3.63) is 12.1 Å². The number of hydrogen-bond donors (Lipinski definition) is 4. The van der Waals surface area contributed by atoms with Crippen molar-refractivity contribution < 1.29 is 30.0 Å². The van der Waals surface area contributed by atoms with Crippen molar-refractivity contribution in [3.8, 4) is 11.5 Å². The smallest absolute Gasteiger partial charge is 0.300 e. The quantitative estimate of drug-likeness (QED) is 0.277. The lowest BCUT2D eigenvalue weighted by Crippen LogP contribution is -2.29. The molecule has 174 valence electrons. The lowest BCUT2D eigenvalue weighted by molar-refractivity contribution is -0.135. The zero-order valence-corrected chi connectivity index (χ0v) is 19.8. The molecule has 0 radical (unpaired) electrons. The van der Waals surface area contributed by atoms with Crippen LogP contribution >= 0.6 is 46.4 Å². The van der Waals surface area contributed by atoms with Crippen LogP contribution in [0.3, 0.4) is 0 Å². The molecular weight excluding hydrogens is 482 g/mol. The first-order chi connectivity index (χ1) is 14.0. The summed E-state index contributed by atoms with van der Waals surface area (Å²) in [5.41, 5.74) is 0.999. The van der Waals surface area contributed by atoms with E-state index in [0.717, 1.165) is 13.8 Å². The monoisotopic (exact) mass is 508 g/mol. The highest BCUT2D eigenvalue weighted by molar-refractivity contribution is 6.19. The summed E-state index contributed by atoms with van der Waals surface area (Å²) in [7, 11) is 0. The Bertz CT molecular complexity index is 563. The van der Waals surface area contributed by atoms with Crippen LogP contribution < -0.4 is 9.80 Å². The number of rotatable bonds is 10. The number of nitrogens with zero attached hydrogens (tertiary/aromatic N) is 2. The third-order valence-corrected chi connectivity index (χ3v) is 3.85. The third kappa shape index (κ3) is 14.5. The van der Waals surface area contributed by atoms with Gasteiger partial charge in [0, 0.05) is 75.7 Å². The highest BCUT2D eigenvalue weighted by Crippen LogP contribution is 2.39. The van der Waals surface area contributed by atoms with Gasteiger partial charge in [-0.25, -0.2) is 0 Å². The van der Waals surface area contributed by atoms with E-state index >= 15 is 0 Å². The van der Waals surface area contributed by atoms with Crippen molar-refractivity contribution >= 4 is 69.7 Å². The van der Waals surface area contributed by atoms with Gasteiger partial charge in [0.25, 0.3) is 11.9 Å². The third-order valence-electron chi connectivity index (χ3n) is 3.17. The van der Waals surface area contributed by atoms with E-state index in [-0.39, 0.29) is 11.5 Å². The second kappa shape index (κ2) is 18.3. The Morgan fingerprint density at radius 3 is 1.07 bits per heavy atom. The first kappa shape index (κ1) is 30.7. The molecule has 1 aromatic carbocycles. The zero-order valence-electron chi connectivity index (χ0n) is 16.8. The number of carbonyl (C=O) groups is 2. The van der Waals surface area contributed by atoms with Crippen molar-refractivity contribution in [1.82, 2.24) is 0 Å². The molecule has 0 saturated heterocycles. The molecular formula is C18H28Cl4N2O6. The normalized spacial score (nSPS) is 9.53. The highest BCUT2D eigenvalue weighted by Gasteiger charge is 2.17. The summed E-state index contributed by atoms with van der Waals surface area (Å²) >= 11 is 23.1. The minimum absolute atomic E-state index is 0.0529. The summed E-state index contributed by atoms with van der Waals surface area (Å²) < 4.78 is 0. The standard InChI is InChI=1S/C14H20Cl4N2O2.2C2H4O2/c15-1-5-19(6-2-16)11-9-14(22)12(10-13(11)21)20(7-3-17)8-4-18;2*1-2(3)4/h9-10,21-22H,1-8H2;2*1H3,(H,3,4). The van der Waals surface area contributed by atoms with Crippen molar-refractivity contribution in [2.45, 2.75) is 13.8 Å². The molecule has 0 unspecified atom stereocenters. The topological polar surface area (TPSA) is 122 Å². The Balaban J connectivity index is 0. The maximum absolute atomic E-state index is 10.3. The Morgan fingerprint density at radius 1 is 0.700 bits per heavy atom. The van der Waals surface area contributed by atoms with E-state index in [2.05, 4.69) is 0 Å². The van der Waals surface area contributed by atoms with Gasteiger partial charge in [0.15, 0.2) is 0 Å². The SMILES string of the molecule is CC(=O)O.CC(=O)O.Oc1cc(N(CCCl)CCCl)c(O)cc1N(CCCl)CCCl. The molecule has 0 aliphatic heterocycles. The summed E-state index contributed by atoms with van der Waals surface area (Å²) in [6.45, 7) is 4.25. The van der Waals surface area contributed by atoms with E-state index in [9.17, 15) is 10.2 Å². The molecule has 0 spiro atoms. The van der Waals surface area contributed by atoms with Gasteiger partial charge in [0.1, 0.15) is 11.5 Å². The summed E-state index contributed by atoms with van der Waals surface area (Å²) in [5.74, 6) is 0.00852. The van der Waals surface area contributed by atoms with Crippen LogP contribution in [-0.4, -0.2) is 82.1 Å². The number of hydrogen-bond acceptors (Lipinski definition) is 6. The first-order valence-electron chi connectivity index (χ1n) is 8.74. The van der Waals surface area contributed by atoms with Crippen LogP contribution in [0.2, 0.25) is 0 Å². The minimum Gasteiger partial charge on any atom is -0.506 e. The Hall–Kier alpha value is -1.48. The highest BCUT2D eigenvalue weighted by atomic mass is 35.5. The lowest BCUT2D eigenvalue weighted by Gasteiger charge is -2.28. The fourth-order valence-corrected chi connectivity index (χ4v) is 2.99. The van der Waals surface area contributed by atoms with Crippen molar-refractivity contribution in [2.24, 2.45) is 0 Å². The second-order valence-corrected chi connectivity index (χ2v) is 7.11. The molecule has 0 bridgehead atoms. The molecule has 0 atom stereocenters. The number of carboxylic acid groups (broad SMARTS) is 2. The number of aliphatic carboxylic acids is 2. The number of anilines is 2. The van der Waals surface area contributed by atoms with E-state index in [1.165, 1.54) is 12.1 Å². The molecule has 0 aliphatic carbocycles. The number of alkyl halides is 4. The molecule has 0 fully saturated rings. The number of phenolic OH excluding ortho intramolecular Hbond substituents is 2. The molecule has 8 nitrogen and oxygen atoms in total. The fraction of sp³-hybridized carbons (Fsp3) is 0.556. The van der Waals surface area contributed by atoms with E-state index in [0.29, 0.717) is 61.1 Å². The number of phenols is 2. The molecule has 4 N–H and O–H groups in total. The van der Waals surface area contributed by atoms with Gasteiger partial charge >= 0.3 is 0 Å². The van der Waals surface area contributed by atoms with Crippen LogP contribution in [0.25, 0.3) is 0 Å². The summed E-state index contributed by atoms with van der Waals surface area (Å²) in [6, 6.07) is 3.03. The van der Waals surface area contributed by atoms with E-state index in [1.54, 1.807) is 0 Å².